The van der Waals surface area contributed by atoms with Gasteiger partial charge in [0.2, 0.25) is 11.9 Å². The molecule has 2 bridgehead atoms. The molecule has 2 aromatic carbocycles. The molecule has 0 aromatic heterocycles. The van der Waals surface area contributed by atoms with E-state index in [-0.39, 0.29) is 59.3 Å². The summed E-state index contributed by atoms with van der Waals surface area (Å²) in [5.74, 6) is -12.5. The molecule has 7 fully saturated rings. The van der Waals surface area contributed by atoms with Crippen molar-refractivity contribution in [1.82, 2.24) is 0 Å². The minimum Gasteiger partial charge on any atom is -0.506 e. The molecule has 20 heteroatoms. The van der Waals surface area contributed by atoms with E-state index in [1.807, 2.05) is 0 Å². The third-order valence-electron chi connectivity index (χ3n) is 16.0. The van der Waals surface area contributed by atoms with Crippen LogP contribution in [0.15, 0.2) is 12.1 Å². The van der Waals surface area contributed by atoms with Crippen LogP contribution in [0, 0.1) is 23.2 Å². The maximum atomic E-state index is 14.1. The SMILES string of the molecule is COc1c2c(c(O)c3c4c(ccc13)C1O[C@]3(C(OC)OC)O[C@@H]1C(OC1CC5C(O)(O1)C(C)C5(O)C(C)=O)(O4)C31CO1)C(=O)C(O)CC2OC1CC2(C)C(OC(C)=O)C(C)C2(O)O1. The van der Waals surface area contributed by atoms with E-state index in [1.54, 1.807) is 26.0 Å². The number of methoxy groups -OCH3 is 3. The van der Waals surface area contributed by atoms with Crippen molar-refractivity contribution in [2.24, 2.45) is 23.2 Å². The molecule has 63 heavy (non-hydrogen) atoms. The lowest BCUT2D eigenvalue weighted by Gasteiger charge is -2.57. The summed E-state index contributed by atoms with van der Waals surface area (Å²) in [6, 6.07) is 3.32. The summed E-state index contributed by atoms with van der Waals surface area (Å²) in [5.41, 5.74) is -4.42. The van der Waals surface area contributed by atoms with Gasteiger partial charge in [0.25, 0.3) is 11.6 Å². The normalized spacial score (nSPS) is 48.0. The Morgan fingerprint density at radius 2 is 1.68 bits per heavy atom. The zero-order valence-corrected chi connectivity index (χ0v) is 35.7. The van der Waals surface area contributed by atoms with E-state index >= 15 is 0 Å². The van der Waals surface area contributed by atoms with Crippen LogP contribution >= 0.6 is 0 Å². The predicted molar refractivity (Wildman–Crippen MR) is 203 cm³/mol. The maximum absolute atomic E-state index is 14.1. The fourth-order valence-corrected chi connectivity index (χ4v) is 12.8. The molecule has 3 aliphatic carbocycles. The quantitative estimate of drug-likeness (QED) is 0.128. The largest absolute Gasteiger partial charge is 0.506 e. The Labute approximate surface area is 359 Å². The van der Waals surface area contributed by atoms with Crippen molar-refractivity contribution < 1.29 is 96.8 Å². The summed E-state index contributed by atoms with van der Waals surface area (Å²) in [6.45, 7) is 7.37. The van der Waals surface area contributed by atoms with Gasteiger partial charge in [-0.1, -0.05) is 26.8 Å². The molecule has 0 amide bonds. The van der Waals surface area contributed by atoms with Crippen molar-refractivity contribution in [1.29, 1.82) is 0 Å². The summed E-state index contributed by atoms with van der Waals surface area (Å²) >= 11 is 0. The number of phenols is 1. The van der Waals surface area contributed by atoms with Gasteiger partial charge in [0.1, 0.15) is 41.2 Å². The second kappa shape index (κ2) is 12.8. The zero-order chi connectivity index (χ0) is 44.9. The fraction of sp³-hybridized carbons (Fsp3) is 0.698. The van der Waals surface area contributed by atoms with E-state index in [4.69, 9.17) is 56.8 Å². The lowest BCUT2D eigenvalue weighted by atomic mass is 9.55. The Morgan fingerprint density at radius 1 is 0.968 bits per heavy atom. The third kappa shape index (κ3) is 4.62. The van der Waals surface area contributed by atoms with E-state index in [2.05, 4.69) is 0 Å². The molecular weight excluding hydrogens is 836 g/mol. The molecule has 6 heterocycles. The Hall–Kier alpha value is -3.61. The van der Waals surface area contributed by atoms with Crippen LogP contribution in [0.3, 0.4) is 0 Å². The number of aromatic hydroxyl groups is 1. The van der Waals surface area contributed by atoms with Crippen LogP contribution in [0.2, 0.25) is 0 Å². The molecule has 9 aliphatic rings. The van der Waals surface area contributed by atoms with Gasteiger partial charge in [-0.15, -0.1) is 0 Å². The highest BCUT2D eigenvalue weighted by molar-refractivity contribution is 6.13. The molecule has 2 aromatic rings. The van der Waals surface area contributed by atoms with Gasteiger partial charge in [0, 0.05) is 68.8 Å². The average molecular weight is 887 g/mol. The number of fused-ring (bicyclic) bond motifs is 10. The topological polar surface area (TPSA) is 266 Å². The first-order valence-electron chi connectivity index (χ1n) is 21.1. The summed E-state index contributed by atoms with van der Waals surface area (Å²) < 4.78 is 75.1. The molecule has 20 nitrogen and oxygen atoms in total. The van der Waals surface area contributed by atoms with Crippen LogP contribution in [0.5, 0.6) is 17.2 Å². The molecule has 6 aliphatic heterocycles. The van der Waals surface area contributed by atoms with Crippen molar-refractivity contribution in [3.05, 3.63) is 28.8 Å². The van der Waals surface area contributed by atoms with Crippen molar-refractivity contribution in [2.75, 3.05) is 27.9 Å². The zero-order valence-electron chi connectivity index (χ0n) is 35.7. The summed E-state index contributed by atoms with van der Waals surface area (Å²) in [4.78, 5) is 38.7. The smallest absolute Gasteiger partial charge is 0.302 e. The molecule has 0 radical (unpaired) electrons. The van der Waals surface area contributed by atoms with Crippen LogP contribution in [0.25, 0.3) is 10.8 Å². The molecule has 342 valence electrons. The number of aliphatic hydroxyl groups excluding tert-OH is 1. The third-order valence-corrected chi connectivity index (χ3v) is 16.0. The number of aliphatic hydroxyl groups is 4. The highest BCUT2D eigenvalue weighted by atomic mass is 16.9. The number of Topliss-reactive ketones (excluding diaryl/α,β-unsaturated/α-hetero) is 2. The highest BCUT2D eigenvalue weighted by Gasteiger charge is 2.94. The number of ether oxygens (including phenoxy) is 12. The number of hydrogen-bond donors (Lipinski definition) is 5. The number of esters is 1. The van der Waals surface area contributed by atoms with Crippen molar-refractivity contribution in [3.63, 3.8) is 0 Å². The van der Waals surface area contributed by atoms with E-state index in [0.29, 0.717) is 5.56 Å². The molecule has 11 rings (SSSR count). The van der Waals surface area contributed by atoms with Gasteiger partial charge in [0.15, 0.2) is 41.8 Å². The van der Waals surface area contributed by atoms with Gasteiger partial charge < -0.3 is 82.4 Å². The van der Waals surface area contributed by atoms with Gasteiger partial charge in [-0.05, 0) is 13.0 Å². The maximum Gasteiger partial charge on any atom is 0.302 e. The van der Waals surface area contributed by atoms with Gasteiger partial charge in [-0.3, -0.25) is 14.4 Å². The predicted octanol–water partition coefficient (Wildman–Crippen LogP) is 1.26. The summed E-state index contributed by atoms with van der Waals surface area (Å²) in [7, 11) is 4.15. The molecular formula is C43H50O20. The van der Waals surface area contributed by atoms with E-state index < -0.39 is 130 Å². The monoisotopic (exact) mass is 886 g/mol. The molecule has 15 unspecified atom stereocenters. The molecule has 5 N–H and O–H groups in total. The van der Waals surface area contributed by atoms with E-state index in [1.165, 1.54) is 42.1 Å². The molecule has 5 saturated heterocycles. The molecule has 2 saturated carbocycles. The van der Waals surface area contributed by atoms with Crippen LogP contribution in [-0.2, 0) is 57.0 Å². The van der Waals surface area contributed by atoms with Crippen molar-refractivity contribution in [3.8, 4) is 17.2 Å². The number of rotatable bonds is 10. The number of carbonyl (C=O) groups excluding carboxylic acids is 3. The Balaban J connectivity index is 1.02. The summed E-state index contributed by atoms with van der Waals surface area (Å²) in [5, 5.41) is 58.5. The highest BCUT2D eigenvalue weighted by Crippen LogP contribution is 2.73. The second-order valence-electron chi connectivity index (χ2n) is 18.7. The standard InChI is InChI=1S/C43H50O20/c1-15-34(56-18(4)45)37(5)13-25(59-41(15,37)51)57-22-11-21(46)29(47)28-27(22)31(52-6)19-9-10-20-32(26(19)30(28)48)61-42(60-24-12-23-39(49,17(3)44)16(2)40(23,50)58-24)35-33(20)62-43(63-35,36(53-7)54-8)38(42)14-55-38/h9-10,15-16,21-25,33-36,46,48-51H,11-14H2,1-8H3/t15?,16?,21?,22?,23?,24?,25?,33?,34?,35-,37?,38?,39?,40?,41?,42?,43+/m0/s1. The average Bonchev–Trinajstić information content (AvgIpc) is 3.71. The summed E-state index contributed by atoms with van der Waals surface area (Å²) in [6.07, 6.45) is -9.54. The van der Waals surface area contributed by atoms with Crippen LogP contribution in [-0.4, -0.2) is 143 Å². The number of hydrogen-bond acceptors (Lipinski definition) is 20. The van der Waals surface area contributed by atoms with Gasteiger partial charge in [-0.2, -0.15) is 0 Å². The number of phenolic OH excluding ortho intramolecular Hbond substituents is 1. The second-order valence-corrected chi connectivity index (χ2v) is 18.7. The number of ketones is 2. The van der Waals surface area contributed by atoms with Crippen molar-refractivity contribution >= 4 is 28.3 Å². The molecule has 17 atom stereocenters. The van der Waals surface area contributed by atoms with Gasteiger partial charge >= 0.3 is 5.97 Å². The first kappa shape index (κ1) is 42.1. The van der Waals surface area contributed by atoms with Crippen LogP contribution in [0.4, 0.5) is 0 Å². The number of carbonyl (C=O) groups is 3. The van der Waals surface area contributed by atoms with E-state index in [0.717, 1.165) is 0 Å². The van der Waals surface area contributed by atoms with Crippen LogP contribution < -0.4 is 9.47 Å². The minimum absolute atomic E-state index is 0.0230. The number of benzene rings is 2. The minimum atomic E-state index is -2.02. The Bertz CT molecular complexity index is 2380. The Morgan fingerprint density at radius 3 is 2.32 bits per heavy atom. The lowest BCUT2D eigenvalue weighted by molar-refractivity contribution is -0.399. The van der Waals surface area contributed by atoms with Crippen molar-refractivity contribution in [2.45, 2.75) is 138 Å². The fourth-order valence-electron chi connectivity index (χ4n) is 12.8. The first-order chi connectivity index (χ1) is 29.7. The number of epoxide rings is 1. The lowest BCUT2D eigenvalue weighted by Crippen LogP contribution is -2.74. The van der Waals surface area contributed by atoms with Gasteiger partial charge in [-0.25, -0.2) is 0 Å². The first-order valence-corrected chi connectivity index (χ1v) is 21.1. The Kier molecular flexibility index (Phi) is 8.57. The molecule has 1 spiro atoms. The van der Waals surface area contributed by atoms with E-state index in [9.17, 15) is 39.9 Å². The van der Waals surface area contributed by atoms with Crippen LogP contribution in [0.1, 0.15) is 87.6 Å². The van der Waals surface area contributed by atoms with Gasteiger partial charge in [0.05, 0.1) is 42.1 Å².